The number of rotatable bonds is 5. The van der Waals surface area contributed by atoms with Crippen molar-refractivity contribution in [1.82, 2.24) is 19.6 Å². The molecule has 1 fully saturated rings. The molecule has 2 heterocycles. The van der Waals surface area contributed by atoms with Crippen LogP contribution in [0.3, 0.4) is 0 Å². The second kappa shape index (κ2) is 8.51. The van der Waals surface area contributed by atoms with Gasteiger partial charge < -0.3 is 15.0 Å². The zero-order valence-electron chi connectivity index (χ0n) is 15.7. The smallest absolute Gasteiger partial charge is 0.173 e. The van der Waals surface area contributed by atoms with Gasteiger partial charge in [0.05, 0.1) is 13.3 Å². The number of aromatic nitrogens is 2. The quantitative estimate of drug-likeness (QED) is 0.813. The van der Waals surface area contributed by atoms with Crippen LogP contribution in [0.5, 0.6) is 5.75 Å². The standard InChI is InChI=1S/C19H27N5OS/c1-4-24-15(2)16(13-20-24)14-22-9-11-23(12-10-22)19(26)21-17-5-7-18(25-3)8-6-17/h5-8,13H,4,9-12,14H2,1-3H3,(H,21,26). The van der Waals surface area contributed by atoms with E-state index in [9.17, 15) is 0 Å². The van der Waals surface area contributed by atoms with Gasteiger partial charge in [-0.3, -0.25) is 9.58 Å². The maximum atomic E-state index is 5.58. The normalized spacial score (nSPS) is 15.1. The SMILES string of the molecule is CCn1ncc(CN2CCN(C(=S)Nc3ccc(OC)cc3)CC2)c1C. The van der Waals surface area contributed by atoms with Crippen LogP contribution in [0.15, 0.2) is 30.5 Å². The molecule has 1 N–H and O–H groups in total. The fourth-order valence-corrected chi connectivity index (χ4v) is 3.49. The van der Waals surface area contributed by atoms with E-state index in [0.717, 1.165) is 55.8 Å². The second-order valence-corrected chi connectivity index (χ2v) is 6.88. The monoisotopic (exact) mass is 373 g/mol. The van der Waals surface area contributed by atoms with Crippen LogP contribution in [-0.4, -0.2) is 58.0 Å². The summed E-state index contributed by atoms with van der Waals surface area (Å²) >= 11 is 5.58. The summed E-state index contributed by atoms with van der Waals surface area (Å²) < 4.78 is 7.24. The summed E-state index contributed by atoms with van der Waals surface area (Å²) in [4.78, 5) is 4.70. The third kappa shape index (κ3) is 4.34. The number of ether oxygens (including phenoxy) is 1. The summed E-state index contributed by atoms with van der Waals surface area (Å²) in [5.41, 5.74) is 3.58. The van der Waals surface area contributed by atoms with Gasteiger partial charge in [-0.25, -0.2) is 0 Å². The van der Waals surface area contributed by atoms with Crippen molar-refractivity contribution in [2.45, 2.75) is 26.9 Å². The van der Waals surface area contributed by atoms with Gasteiger partial charge in [0.1, 0.15) is 5.75 Å². The first-order valence-corrected chi connectivity index (χ1v) is 9.45. The molecule has 0 radical (unpaired) electrons. The number of piperazine rings is 1. The Morgan fingerprint density at radius 2 is 1.88 bits per heavy atom. The summed E-state index contributed by atoms with van der Waals surface area (Å²) in [6.07, 6.45) is 2.00. The molecule has 0 spiro atoms. The van der Waals surface area contributed by atoms with E-state index in [0.29, 0.717) is 0 Å². The zero-order valence-corrected chi connectivity index (χ0v) is 16.6. The topological polar surface area (TPSA) is 45.6 Å². The highest BCUT2D eigenvalue weighted by molar-refractivity contribution is 7.80. The molecule has 3 rings (SSSR count). The number of aryl methyl sites for hydroxylation is 1. The van der Waals surface area contributed by atoms with Crippen molar-refractivity contribution in [2.24, 2.45) is 0 Å². The first kappa shape index (κ1) is 18.7. The van der Waals surface area contributed by atoms with Gasteiger partial charge in [-0.2, -0.15) is 5.10 Å². The van der Waals surface area contributed by atoms with Crippen molar-refractivity contribution in [3.63, 3.8) is 0 Å². The third-order valence-electron chi connectivity index (χ3n) is 4.90. The molecule has 1 saturated heterocycles. The minimum absolute atomic E-state index is 0.782. The molecule has 0 amide bonds. The number of hydrogen-bond donors (Lipinski definition) is 1. The highest BCUT2D eigenvalue weighted by Crippen LogP contribution is 2.17. The minimum atomic E-state index is 0.782. The zero-order chi connectivity index (χ0) is 18.5. The molecular weight excluding hydrogens is 346 g/mol. The number of benzene rings is 1. The lowest BCUT2D eigenvalue weighted by atomic mass is 10.2. The predicted octanol–water partition coefficient (Wildman–Crippen LogP) is 2.73. The molecule has 26 heavy (non-hydrogen) atoms. The van der Waals surface area contributed by atoms with Gasteiger partial charge in [0.2, 0.25) is 0 Å². The van der Waals surface area contributed by atoms with Crippen molar-refractivity contribution < 1.29 is 4.74 Å². The van der Waals surface area contributed by atoms with Crippen molar-refractivity contribution >= 4 is 23.0 Å². The summed E-state index contributed by atoms with van der Waals surface area (Å²) in [6, 6.07) is 7.83. The molecule has 1 aromatic heterocycles. The number of nitrogens with one attached hydrogen (secondary N) is 1. The van der Waals surface area contributed by atoms with E-state index in [-0.39, 0.29) is 0 Å². The molecule has 1 aliphatic rings. The van der Waals surface area contributed by atoms with E-state index in [1.54, 1.807) is 7.11 Å². The molecular formula is C19H27N5OS. The van der Waals surface area contributed by atoms with E-state index in [4.69, 9.17) is 17.0 Å². The lowest BCUT2D eigenvalue weighted by Crippen LogP contribution is -2.49. The Morgan fingerprint density at radius 1 is 1.19 bits per heavy atom. The van der Waals surface area contributed by atoms with Gasteiger partial charge in [-0.1, -0.05) is 0 Å². The number of methoxy groups -OCH3 is 1. The Labute approximate surface area is 160 Å². The molecule has 140 valence electrons. The van der Waals surface area contributed by atoms with Crippen molar-refractivity contribution in [1.29, 1.82) is 0 Å². The van der Waals surface area contributed by atoms with Gasteiger partial charge in [-0.15, -0.1) is 0 Å². The van der Waals surface area contributed by atoms with Crippen LogP contribution in [0, 0.1) is 6.92 Å². The fraction of sp³-hybridized carbons (Fsp3) is 0.474. The maximum absolute atomic E-state index is 5.58. The van der Waals surface area contributed by atoms with Crippen LogP contribution < -0.4 is 10.1 Å². The van der Waals surface area contributed by atoms with Crippen LogP contribution in [0.1, 0.15) is 18.2 Å². The van der Waals surface area contributed by atoms with Crippen molar-refractivity contribution in [3.8, 4) is 5.75 Å². The summed E-state index contributed by atoms with van der Waals surface area (Å²) in [5, 5.41) is 8.54. The van der Waals surface area contributed by atoms with E-state index in [1.165, 1.54) is 11.3 Å². The highest BCUT2D eigenvalue weighted by Gasteiger charge is 2.20. The molecule has 6 nitrogen and oxygen atoms in total. The van der Waals surface area contributed by atoms with E-state index in [2.05, 4.69) is 38.7 Å². The Balaban J connectivity index is 1.49. The largest absolute Gasteiger partial charge is 0.497 e. The molecule has 0 atom stereocenters. The Morgan fingerprint density at radius 3 is 2.46 bits per heavy atom. The molecule has 1 aromatic carbocycles. The van der Waals surface area contributed by atoms with Gasteiger partial charge in [0.25, 0.3) is 0 Å². The molecule has 1 aliphatic heterocycles. The van der Waals surface area contributed by atoms with Gasteiger partial charge in [0.15, 0.2) is 5.11 Å². The van der Waals surface area contributed by atoms with Crippen LogP contribution >= 0.6 is 12.2 Å². The lowest BCUT2D eigenvalue weighted by molar-refractivity contribution is 0.176. The first-order valence-electron chi connectivity index (χ1n) is 9.04. The fourth-order valence-electron chi connectivity index (χ4n) is 3.19. The third-order valence-corrected chi connectivity index (χ3v) is 5.26. The molecule has 7 heteroatoms. The van der Waals surface area contributed by atoms with Crippen molar-refractivity contribution in [3.05, 3.63) is 41.7 Å². The summed E-state index contributed by atoms with van der Waals surface area (Å²) in [7, 11) is 1.67. The van der Waals surface area contributed by atoms with Crippen LogP contribution in [0.25, 0.3) is 0 Å². The molecule has 2 aromatic rings. The highest BCUT2D eigenvalue weighted by atomic mass is 32.1. The second-order valence-electron chi connectivity index (χ2n) is 6.49. The lowest BCUT2D eigenvalue weighted by Gasteiger charge is -2.36. The molecule has 0 saturated carbocycles. The van der Waals surface area contributed by atoms with Crippen LogP contribution in [0.4, 0.5) is 5.69 Å². The van der Waals surface area contributed by atoms with Crippen LogP contribution in [-0.2, 0) is 13.1 Å². The maximum Gasteiger partial charge on any atom is 0.173 e. The van der Waals surface area contributed by atoms with E-state index >= 15 is 0 Å². The Bertz CT molecular complexity index is 735. The number of thiocarbonyl (C=S) groups is 1. The number of nitrogens with zero attached hydrogens (tertiary/aromatic N) is 4. The predicted molar refractivity (Wildman–Crippen MR) is 109 cm³/mol. The number of hydrogen-bond acceptors (Lipinski definition) is 4. The van der Waals surface area contributed by atoms with E-state index < -0.39 is 0 Å². The first-order chi connectivity index (χ1) is 12.6. The average Bonchev–Trinajstić information content (AvgIpc) is 3.02. The number of anilines is 1. The molecule has 0 unspecified atom stereocenters. The Hall–Kier alpha value is -2.12. The van der Waals surface area contributed by atoms with E-state index in [1.807, 2.05) is 30.5 Å². The van der Waals surface area contributed by atoms with Gasteiger partial charge in [-0.05, 0) is 50.3 Å². The van der Waals surface area contributed by atoms with Gasteiger partial charge in [0, 0.05) is 56.2 Å². The molecule has 0 bridgehead atoms. The molecule has 0 aliphatic carbocycles. The Kier molecular flexibility index (Phi) is 6.11. The van der Waals surface area contributed by atoms with Crippen LogP contribution in [0.2, 0.25) is 0 Å². The summed E-state index contributed by atoms with van der Waals surface area (Å²) in [5.74, 6) is 0.844. The van der Waals surface area contributed by atoms with Crippen molar-refractivity contribution in [2.75, 3.05) is 38.6 Å². The summed E-state index contributed by atoms with van der Waals surface area (Å²) in [6.45, 7) is 10.0. The average molecular weight is 374 g/mol. The minimum Gasteiger partial charge on any atom is -0.497 e. The van der Waals surface area contributed by atoms with Gasteiger partial charge >= 0.3 is 0 Å².